The molecular weight excluding hydrogens is 256 g/mol. The molecule has 1 N–H and O–H groups in total. The van der Waals surface area contributed by atoms with Gasteiger partial charge in [-0.3, -0.25) is 0 Å². The number of hydrogen-bond acceptors (Lipinski definition) is 2. The van der Waals surface area contributed by atoms with E-state index in [0.717, 1.165) is 12.0 Å². The fourth-order valence-corrected chi connectivity index (χ4v) is 4.09. The SMILES string of the molecule is C[C@H](NC1CCN(c2ccccc2)CC1)C1CCCCC1. The lowest BCUT2D eigenvalue weighted by molar-refractivity contribution is 0.251. The number of rotatable bonds is 4. The summed E-state index contributed by atoms with van der Waals surface area (Å²) in [6.07, 6.45) is 9.80. The van der Waals surface area contributed by atoms with Crippen LogP contribution in [-0.2, 0) is 0 Å². The summed E-state index contributed by atoms with van der Waals surface area (Å²) in [4.78, 5) is 2.53. The molecular formula is C19H30N2. The number of benzene rings is 1. The van der Waals surface area contributed by atoms with Gasteiger partial charge in [-0.15, -0.1) is 0 Å². The highest BCUT2D eigenvalue weighted by molar-refractivity contribution is 5.46. The zero-order chi connectivity index (χ0) is 14.5. The summed E-state index contributed by atoms with van der Waals surface area (Å²) in [5.74, 6) is 0.922. The van der Waals surface area contributed by atoms with E-state index >= 15 is 0 Å². The topological polar surface area (TPSA) is 15.3 Å². The highest BCUT2D eigenvalue weighted by atomic mass is 15.1. The van der Waals surface area contributed by atoms with Gasteiger partial charge in [0.05, 0.1) is 0 Å². The summed E-state index contributed by atoms with van der Waals surface area (Å²) < 4.78 is 0. The molecule has 21 heavy (non-hydrogen) atoms. The van der Waals surface area contributed by atoms with Crippen LogP contribution in [0, 0.1) is 5.92 Å². The number of hydrogen-bond donors (Lipinski definition) is 1. The molecule has 0 amide bonds. The van der Waals surface area contributed by atoms with Crippen molar-refractivity contribution in [1.82, 2.24) is 5.32 Å². The molecule has 0 bridgehead atoms. The Hall–Kier alpha value is -1.02. The maximum atomic E-state index is 3.93. The van der Waals surface area contributed by atoms with Crippen molar-refractivity contribution < 1.29 is 0 Å². The number of nitrogens with one attached hydrogen (secondary N) is 1. The normalized spacial score (nSPS) is 23.2. The molecule has 0 spiro atoms. The lowest BCUT2D eigenvalue weighted by atomic mass is 9.84. The van der Waals surface area contributed by atoms with E-state index in [0.29, 0.717) is 6.04 Å². The third-order valence-corrected chi connectivity index (χ3v) is 5.47. The van der Waals surface area contributed by atoms with Crippen LogP contribution in [-0.4, -0.2) is 25.2 Å². The van der Waals surface area contributed by atoms with Gasteiger partial charge in [-0.25, -0.2) is 0 Å². The van der Waals surface area contributed by atoms with Gasteiger partial charge in [0.25, 0.3) is 0 Å². The zero-order valence-electron chi connectivity index (χ0n) is 13.4. The molecule has 2 heteroatoms. The van der Waals surface area contributed by atoms with E-state index in [2.05, 4.69) is 47.5 Å². The minimum atomic E-state index is 0.707. The van der Waals surface area contributed by atoms with Gasteiger partial charge < -0.3 is 10.2 Å². The summed E-state index contributed by atoms with van der Waals surface area (Å²) >= 11 is 0. The summed E-state index contributed by atoms with van der Waals surface area (Å²) in [6, 6.07) is 12.3. The molecule has 1 saturated heterocycles. The van der Waals surface area contributed by atoms with Gasteiger partial charge in [-0.05, 0) is 50.7 Å². The first kappa shape index (κ1) is 14.9. The second-order valence-corrected chi connectivity index (χ2v) is 6.95. The first-order chi connectivity index (χ1) is 10.3. The Kier molecular flexibility index (Phi) is 5.18. The van der Waals surface area contributed by atoms with Gasteiger partial charge in [-0.2, -0.15) is 0 Å². The average Bonchev–Trinajstić information content (AvgIpc) is 2.57. The molecule has 1 atom stereocenters. The van der Waals surface area contributed by atoms with Gasteiger partial charge in [0.2, 0.25) is 0 Å². The molecule has 0 radical (unpaired) electrons. The van der Waals surface area contributed by atoms with Gasteiger partial charge in [-0.1, -0.05) is 37.5 Å². The van der Waals surface area contributed by atoms with Crippen molar-refractivity contribution in [3.05, 3.63) is 30.3 Å². The van der Waals surface area contributed by atoms with Crippen molar-refractivity contribution in [2.24, 2.45) is 5.92 Å². The monoisotopic (exact) mass is 286 g/mol. The summed E-state index contributed by atoms with van der Waals surface area (Å²) in [7, 11) is 0. The van der Waals surface area contributed by atoms with Crippen molar-refractivity contribution in [3.8, 4) is 0 Å². The number of anilines is 1. The van der Waals surface area contributed by atoms with E-state index in [9.17, 15) is 0 Å². The Morgan fingerprint density at radius 1 is 0.952 bits per heavy atom. The van der Waals surface area contributed by atoms with Crippen LogP contribution in [0.2, 0.25) is 0 Å². The van der Waals surface area contributed by atoms with Crippen LogP contribution in [0.4, 0.5) is 5.69 Å². The molecule has 1 aliphatic heterocycles. The first-order valence-corrected chi connectivity index (χ1v) is 8.89. The highest BCUT2D eigenvalue weighted by Gasteiger charge is 2.25. The van der Waals surface area contributed by atoms with E-state index in [1.807, 2.05) is 0 Å². The maximum absolute atomic E-state index is 3.93. The number of para-hydroxylation sites is 1. The highest BCUT2D eigenvalue weighted by Crippen LogP contribution is 2.27. The molecule has 2 aliphatic rings. The quantitative estimate of drug-likeness (QED) is 0.892. The Morgan fingerprint density at radius 3 is 2.29 bits per heavy atom. The zero-order valence-corrected chi connectivity index (χ0v) is 13.4. The van der Waals surface area contributed by atoms with E-state index in [4.69, 9.17) is 0 Å². The molecule has 1 aromatic carbocycles. The lowest BCUT2D eigenvalue weighted by Gasteiger charge is -2.37. The number of piperidine rings is 1. The Bertz CT molecular complexity index is 403. The van der Waals surface area contributed by atoms with Crippen LogP contribution in [0.5, 0.6) is 0 Å². The predicted molar refractivity (Wildman–Crippen MR) is 90.8 cm³/mol. The summed E-state index contributed by atoms with van der Waals surface area (Å²) in [5.41, 5.74) is 1.39. The van der Waals surface area contributed by atoms with Crippen molar-refractivity contribution in [2.45, 2.75) is 64.0 Å². The third-order valence-electron chi connectivity index (χ3n) is 5.47. The molecule has 2 nitrogen and oxygen atoms in total. The second-order valence-electron chi connectivity index (χ2n) is 6.95. The molecule has 116 valence electrons. The van der Waals surface area contributed by atoms with Gasteiger partial charge in [0, 0.05) is 30.9 Å². The van der Waals surface area contributed by atoms with E-state index < -0.39 is 0 Å². The summed E-state index contributed by atoms with van der Waals surface area (Å²) in [6.45, 7) is 4.80. The predicted octanol–water partition coefficient (Wildman–Crippen LogP) is 4.21. The van der Waals surface area contributed by atoms with Gasteiger partial charge >= 0.3 is 0 Å². The van der Waals surface area contributed by atoms with Crippen LogP contribution in [0.15, 0.2) is 30.3 Å². The molecule has 1 saturated carbocycles. The molecule has 1 aromatic rings. The lowest BCUT2D eigenvalue weighted by Crippen LogP contribution is -2.47. The van der Waals surface area contributed by atoms with Crippen molar-refractivity contribution in [3.63, 3.8) is 0 Å². The smallest absolute Gasteiger partial charge is 0.0366 e. The molecule has 2 fully saturated rings. The van der Waals surface area contributed by atoms with E-state index in [1.165, 1.54) is 63.7 Å². The molecule has 3 rings (SSSR count). The van der Waals surface area contributed by atoms with Gasteiger partial charge in [0.1, 0.15) is 0 Å². The Labute approximate surface area is 129 Å². The third kappa shape index (κ3) is 4.00. The molecule has 0 unspecified atom stereocenters. The van der Waals surface area contributed by atoms with Crippen LogP contribution in [0.25, 0.3) is 0 Å². The minimum absolute atomic E-state index is 0.707. The number of nitrogens with zero attached hydrogens (tertiary/aromatic N) is 1. The van der Waals surface area contributed by atoms with Crippen LogP contribution in [0.3, 0.4) is 0 Å². The summed E-state index contributed by atoms with van der Waals surface area (Å²) in [5, 5.41) is 3.93. The Morgan fingerprint density at radius 2 is 1.62 bits per heavy atom. The van der Waals surface area contributed by atoms with E-state index in [1.54, 1.807) is 0 Å². The fourth-order valence-electron chi connectivity index (χ4n) is 4.09. The Balaban J connectivity index is 1.45. The average molecular weight is 286 g/mol. The first-order valence-electron chi connectivity index (χ1n) is 8.89. The molecule has 1 aliphatic carbocycles. The maximum Gasteiger partial charge on any atom is 0.0366 e. The fraction of sp³-hybridized carbons (Fsp3) is 0.684. The van der Waals surface area contributed by atoms with Crippen molar-refractivity contribution in [2.75, 3.05) is 18.0 Å². The van der Waals surface area contributed by atoms with Gasteiger partial charge in [0.15, 0.2) is 0 Å². The van der Waals surface area contributed by atoms with Crippen molar-refractivity contribution in [1.29, 1.82) is 0 Å². The molecule has 1 heterocycles. The second kappa shape index (κ2) is 7.31. The van der Waals surface area contributed by atoms with Crippen LogP contribution in [0.1, 0.15) is 51.9 Å². The van der Waals surface area contributed by atoms with Crippen LogP contribution < -0.4 is 10.2 Å². The minimum Gasteiger partial charge on any atom is -0.371 e. The van der Waals surface area contributed by atoms with Crippen LogP contribution >= 0.6 is 0 Å². The molecule has 0 aromatic heterocycles. The standard InChI is InChI=1S/C19H30N2/c1-16(17-8-4-2-5-9-17)20-18-12-14-21(15-13-18)19-10-6-3-7-11-19/h3,6-7,10-11,16-18,20H,2,4-5,8-9,12-15H2,1H3/t16-/m0/s1. The largest absolute Gasteiger partial charge is 0.371 e. The van der Waals surface area contributed by atoms with Crippen molar-refractivity contribution >= 4 is 5.69 Å². The van der Waals surface area contributed by atoms with E-state index in [-0.39, 0.29) is 0 Å².